The molecule has 2 aliphatic rings. The molecule has 19 heavy (non-hydrogen) atoms. The Morgan fingerprint density at radius 3 is 3.26 bits per heavy atom. The van der Waals surface area contributed by atoms with Crippen LogP contribution in [0.1, 0.15) is 19.8 Å². The molecule has 0 spiro atoms. The normalized spacial score (nSPS) is 30.8. The van der Waals surface area contributed by atoms with E-state index in [0.29, 0.717) is 11.5 Å². The summed E-state index contributed by atoms with van der Waals surface area (Å²) in [5.41, 5.74) is 1.36. The molecule has 2 aromatic heterocycles. The van der Waals surface area contributed by atoms with Gasteiger partial charge in [-0.15, -0.1) is 0 Å². The van der Waals surface area contributed by atoms with Gasteiger partial charge in [-0.3, -0.25) is 0 Å². The number of aromatic amines is 1. The molecule has 5 heteroatoms. The van der Waals surface area contributed by atoms with Crippen LogP contribution in [0.4, 0.5) is 5.82 Å². The van der Waals surface area contributed by atoms with Crippen molar-refractivity contribution in [2.45, 2.75) is 25.8 Å². The van der Waals surface area contributed by atoms with Crippen LogP contribution >= 0.6 is 0 Å². The van der Waals surface area contributed by atoms with Crippen LogP contribution in [0.15, 0.2) is 18.6 Å². The van der Waals surface area contributed by atoms with Crippen molar-refractivity contribution in [1.82, 2.24) is 20.3 Å². The van der Waals surface area contributed by atoms with Crippen molar-refractivity contribution >= 4 is 16.9 Å². The van der Waals surface area contributed by atoms with E-state index < -0.39 is 0 Å². The second kappa shape index (κ2) is 3.93. The molecule has 0 aliphatic carbocycles. The van der Waals surface area contributed by atoms with Crippen molar-refractivity contribution in [3.63, 3.8) is 0 Å². The van der Waals surface area contributed by atoms with Gasteiger partial charge in [0.25, 0.3) is 0 Å². The smallest absolute Gasteiger partial charge is 0.142 e. The molecule has 2 saturated heterocycles. The minimum absolute atomic E-state index is 0.429. The highest BCUT2D eigenvalue weighted by Gasteiger charge is 2.45. The first kappa shape index (κ1) is 11.2. The third-order valence-electron chi connectivity index (χ3n) is 4.92. The van der Waals surface area contributed by atoms with Crippen LogP contribution in [0.25, 0.3) is 11.0 Å². The number of nitrogens with zero attached hydrogens (tertiary/aromatic N) is 3. The fourth-order valence-corrected chi connectivity index (χ4v) is 3.68. The van der Waals surface area contributed by atoms with Gasteiger partial charge in [0.2, 0.25) is 0 Å². The van der Waals surface area contributed by atoms with E-state index in [1.807, 2.05) is 6.20 Å². The Kier molecular flexibility index (Phi) is 2.33. The molecule has 4 rings (SSSR count). The first-order valence-corrected chi connectivity index (χ1v) is 7.03. The average molecular weight is 257 g/mol. The van der Waals surface area contributed by atoms with E-state index in [1.54, 1.807) is 6.33 Å². The first-order valence-electron chi connectivity index (χ1n) is 7.03. The number of anilines is 1. The zero-order valence-electron chi connectivity index (χ0n) is 11.2. The second-order valence-corrected chi connectivity index (χ2v) is 6.00. The summed E-state index contributed by atoms with van der Waals surface area (Å²) in [6.45, 7) is 5.73. The maximum absolute atomic E-state index is 4.55. The highest BCUT2D eigenvalue weighted by molar-refractivity contribution is 5.87. The highest BCUT2D eigenvalue weighted by Crippen LogP contribution is 2.43. The fourth-order valence-electron chi connectivity index (χ4n) is 3.68. The van der Waals surface area contributed by atoms with Gasteiger partial charge in [0.05, 0.1) is 5.39 Å². The quantitative estimate of drug-likeness (QED) is 0.813. The molecule has 100 valence electrons. The van der Waals surface area contributed by atoms with Gasteiger partial charge in [0.15, 0.2) is 0 Å². The Bertz CT molecular complexity index is 607. The van der Waals surface area contributed by atoms with Gasteiger partial charge in [0.1, 0.15) is 17.8 Å². The van der Waals surface area contributed by atoms with Gasteiger partial charge in [-0.2, -0.15) is 0 Å². The molecule has 5 nitrogen and oxygen atoms in total. The summed E-state index contributed by atoms with van der Waals surface area (Å²) in [4.78, 5) is 14.5. The number of H-pyrrole nitrogens is 1. The van der Waals surface area contributed by atoms with E-state index in [2.05, 4.69) is 38.2 Å². The number of hydrogen-bond donors (Lipinski definition) is 2. The number of rotatable bonds is 1. The Morgan fingerprint density at radius 1 is 1.37 bits per heavy atom. The molecular formula is C14H19N5. The van der Waals surface area contributed by atoms with Crippen molar-refractivity contribution in [2.75, 3.05) is 24.5 Å². The van der Waals surface area contributed by atoms with Gasteiger partial charge in [-0.05, 0) is 30.9 Å². The molecular weight excluding hydrogens is 238 g/mol. The molecule has 0 bridgehead atoms. The lowest BCUT2D eigenvalue weighted by Crippen LogP contribution is -2.51. The molecule has 2 aromatic rings. The van der Waals surface area contributed by atoms with Crippen LogP contribution in [-0.4, -0.2) is 40.6 Å². The standard InChI is InChI=1S/C14H19N5/c1-14-3-6-15-8-11(14)19(7-4-14)13-10-2-5-16-12(10)17-9-18-13/h2,5,9,11,15H,3-4,6-8H2,1H3,(H,16,17,18). The van der Waals surface area contributed by atoms with Crippen molar-refractivity contribution in [3.8, 4) is 0 Å². The summed E-state index contributed by atoms with van der Waals surface area (Å²) >= 11 is 0. The van der Waals surface area contributed by atoms with Gasteiger partial charge >= 0.3 is 0 Å². The SMILES string of the molecule is CC12CCNCC1N(c1ncnc3[nH]ccc13)CC2. The van der Waals surface area contributed by atoms with Crippen LogP contribution < -0.4 is 10.2 Å². The van der Waals surface area contributed by atoms with E-state index in [1.165, 1.54) is 12.8 Å². The summed E-state index contributed by atoms with van der Waals surface area (Å²) in [6, 6.07) is 2.63. The maximum Gasteiger partial charge on any atom is 0.142 e. The zero-order chi connectivity index (χ0) is 12.9. The fraction of sp³-hybridized carbons (Fsp3) is 0.571. The molecule has 2 N–H and O–H groups in total. The van der Waals surface area contributed by atoms with Crippen molar-refractivity contribution in [3.05, 3.63) is 18.6 Å². The van der Waals surface area contributed by atoms with E-state index >= 15 is 0 Å². The van der Waals surface area contributed by atoms with Gasteiger partial charge in [0, 0.05) is 25.3 Å². The largest absolute Gasteiger partial charge is 0.351 e. The number of hydrogen-bond acceptors (Lipinski definition) is 4. The lowest BCUT2D eigenvalue weighted by molar-refractivity contribution is 0.222. The maximum atomic E-state index is 4.55. The van der Waals surface area contributed by atoms with Gasteiger partial charge < -0.3 is 15.2 Å². The molecule has 2 aliphatic heterocycles. The van der Waals surface area contributed by atoms with E-state index in [-0.39, 0.29) is 0 Å². The van der Waals surface area contributed by atoms with Crippen LogP contribution in [0.5, 0.6) is 0 Å². The Labute approximate surface area is 112 Å². The summed E-state index contributed by atoms with van der Waals surface area (Å²) in [7, 11) is 0. The van der Waals surface area contributed by atoms with Crippen molar-refractivity contribution in [2.24, 2.45) is 5.41 Å². The Hall–Kier alpha value is -1.62. The van der Waals surface area contributed by atoms with Gasteiger partial charge in [-0.1, -0.05) is 6.92 Å². The van der Waals surface area contributed by atoms with Crippen LogP contribution in [0.2, 0.25) is 0 Å². The monoisotopic (exact) mass is 257 g/mol. The average Bonchev–Trinajstić information content (AvgIpc) is 3.01. The summed E-state index contributed by atoms with van der Waals surface area (Å²) in [5, 5.41) is 4.67. The number of aromatic nitrogens is 3. The van der Waals surface area contributed by atoms with Crippen molar-refractivity contribution in [1.29, 1.82) is 0 Å². The van der Waals surface area contributed by atoms with Gasteiger partial charge in [-0.25, -0.2) is 9.97 Å². The number of piperidine rings is 1. The Balaban J connectivity index is 1.78. The molecule has 0 saturated carbocycles. The summed E-state index contributed by atoms with van der Waals surface area (Å²) in [5.74, 6) is 1.09. The van der Waals surface area contributed by atoms with E-state index in [0.717, 1.165) is 36.5 Å². The minimum Gasteiger partial charge on any atom is -0.351 e. The number of nitrogens with one attached hydrogen (secondary N) is 2. The van der Waals surface area contributed by atoms with E-state index in [9.17, 15) is 0 Å². The summed E-state index contributed by atoms with van der Waals surface area (Å²) in [6.07, 6.45) is 6.13. The van der Waals surface area contributed by atoms with Crippen molar-refractivity contribution < 1.29 is 0 Å². The topological polar surface area (TPSA) is 56.8 Å². The highest BCUT2D eigenvalue weighted by atomic mass is 15.3. The Morgan fingerprint density at radius 2 is 2.32 bits per heavy atom. The molecule has 4 heterocycles. The van der Waals surface area contributed by atoms with Crippen LogP contribution in [0.3, 0.4) is 0 Å². The molecule has 0 amide bonds. The zero-order valence-corrected chi connectivity index (χ0v) is 11.2. The lowest BCUT2D eigenvalue weighted by atomic mass is 9.77. The second-order valence-electron chi connectivity index (χ2n) is 6.00. The predicted octanol–water partition coefficient (Wildman–Crippen LogP) is 1.54. The molecule has 0 radical (unpaired) electrons. The molecule has 2 unspecified atom stereocenters. The predicted molar refractivity (Wildman–Crippen MR) is 75.2 cm³/mol. The third-order valence-corrected chi connectivity index (χ3v) is 4.92. The van der Waals surface area contributed by atoms with E-state index in [4.69, 9.17) is 0 Å². The molecule has 2 fully saturated rings. The number of fused-ring (bicyclic) bond motifs is 2. The van der Waals surface area contributed by atoms with Crippen LogP contribution in [0, 0.1) is 5.41 Å². The third kappa shape index (κ3) is 1.57. The lowest BCUT2D eigenvalue weighted by Gasteiger charge is -2.40. The van der Waals surface area contributed by atoms with Crippen LogP contribution in [-0.2, 0) is 0 Å². The molecule has 2 atom stereocenters. The molecule has 0 aromatic carbocycles. The minimum atomic E-state index is 0.429. The first-order chi connectivity index (χ1) is 9.28. The summed E-state index contributed by atoms with van der Waals surface area (Å²) < 4.78 is 0.